The fourth-order valence-electron chi connectivity index (χ4n) is 2.71. The van der Waals surface area contributed by atoms with Crippen molar-refractivity contribution in [2.45, 2.75) is 33.2 Å². The molecular formula is C17H21N3O. The van der Waals surface area contributed by atoms with Crippen LogP contribution >= 0.6 is 0 Å². The van der Waals surface area contributed by atoms with Gasteiger partial charge in [0.15, 0.2) is 0 Å². The largest absolute Gasteiger partial charge is 0.491 e. The van der Waals surface area contributed by atoms with Crippen LogP contribution in [0.15, 0.2) is 30.5 Å². The molecule has 0 spiro atoms. The lowest BCUT2D eigenvalue weighted by Crippen LogP contribution is -2.27. The van der Waals surface area contributed by atoms with Crippen LogP contribution in [0.4, 0.5) is 5.82 Å². The summed E-state index contributed by atoms with van der Waals surface area (Å²) in [6, 6.07) is 8.24. The van der Waals surface area contributed by atoms with E-state index in [1.165, 1.54) is 11.1 Å². The first-order valence-electron chi connectivity index (χ1n) is 7.56. The second-order valence-electron chi connectivity index (χ2n) is 5.39. The van der Waals surface area contributed by atoms with Gasteiger partial charge in [-0.05, 0) is 19.4 Å². The summed E-state index contributed by atoms with van der Waals surface area (Å²) in [7, 11) is 0. The van der Waals surface area contributed by atoms with E-state index in [-0.39, 0.29) is 0 Å². The fourth-order valence-corrected chi connectivity index (χ4v) is 2.71. The summed E-state index contributed by atoms with van der Waals surface area (Å²) >= 11 is 0. The van der Waals surface area contributed by atoms with Crippen LogP contribution in [0.25, 0.3) is 0 Å². The molecule has 0 saturated heterocycles. The fraction of sp³-hybridized carbons (Fsp3) is 0.412. The first kappa shape index (κ1) is 13.9. The molecule has 0 fully saturated rings. The van der Waals surface area contributed by atoms with Gasteiger partial charge >= 0.3 is 0 Å². The zero-order chi connectivity index (χ0) is 14.7. The second kappa shape index (κ2) is 6.12. The van der Waals surface area contributed by atoms with Crippen molar-refractivity contribution in [2.24, 2.45) is 0 Å². The number of ether oxygens (including phenoxy) is 1. The molecule has 110 valence electrons. The van der Waals surface area contributed by atoms with Crippen molar-refractivity contribution in [3.05, 3.63) is 47.4 Å². The molecule has 21 heavy (non-hydrogen) atoms. The van der Waals surface area contributed by atoms with Gasteiger partial charge in [-0.2, -0.15) is 0 Å². The van der Waals surface area contributed by atoms with Crippen LogP contribution in [0.5, 0.6) is 5.75 Å². The number of benzene rings is 1. The van der Waals surface area contributed by atoms with E-state index in [0.717, 1.165) is 43.3 Å². The molecule has 0 unspecified atom stereocenters. The van der Waals surface area contributed by atoms with Gasteiger partial charge in [-0.15, -0.1) is 0 Å². The number of nitrogens with zero attached hydrogens (tertiary/aromatic N) is 3. The standard InChI is InChI=1S/C17H21N3O/c1-3-6-14-11-18-13(2)19-17(14)20-9-10-21-16-8-5-4-7-15(16)12-20/h4-5,7-8,11H,3,6,9-10,12H2,1-2H3. The molecule has 3 rings (SSSR count). The van der Waals surface area contributed by atoms with Crippen LogP contribution in [0.3, 0.4) is 0 Å². The third-order valence-electron chi connectivity index (χ3n) is 3.73. The van der Waals surface area contributed by atoms with E-state index < -0.39 is 0 Å². The molecule has 2 aromatic rings. The number of aryl methyl sites for hydroxylation is 2. The van der Waals surface area contributed by atoms with Gasteiger partial charge in [-0.25, -0.2) is 9.97 Å². The highest BCUT2D eigenvalue weighted by Gasteiger charge is 2.19. The first-order chi connectivity index (χ1) is 10.3. The third-order valence-corrected chi connectivity index (χ3v) is 3.73. The van der Waals surface area contributed by atoms with Gasteiger partial charge in [-0.3, -0.25) is 0 Å². The normalized spacial score (nSPS) is 14.3. The van der Waals surface area contributed by atoms with Crippen molar-refractivity contribution in [2.75, 3.05) is 18.1 Å². The molecule has 4 nitrogen and oxygen atoms in total. The molecule has 1 aliphatic rings. The third kappa shape index (κ3) is 2.99. The Morgan fingerprint density at radius 3 is 3.00 bits per heavy atom. The lowest BCUT2D eigenvalue weighted by molar-refractivity contribution is 0.331. The molecule has 0 amide bonds. The van der Waals surface area contributed by atoms with Crippen LogP contribution in [0.1, 0.15) is 30.3 Å². The molecule has 4 heteroatoms. The predicted molar refractivity (Wildman–Crippen MR) is 83.8 cm³/mol. The Balaban J connectivity index is 1.95. The molecule has 0 bridgehead atoms. The van der Waals surface area contributed by atoms with E-state index >= 15 is 0 Å². The van der Waals surface area contributed by atoms with Gasteiger partial charge in [-0.1, -0.05) is 31.5 Å². The van der Waals surface area contributed by atoms with Gasteiger partial charge < -0.3 is 9.64 Å². The van der Waals surface area contributed by atoms with Gasteiger partial charge in [0.05, 0.1) is 6.54 Å². The molecule has 0 saturated carbocycles. The monoisotopic (exact) mass is 283 g/mol. The van der Waals surface area contributed by atoms with Crippen molar-refractivity contribution >= 4 is 5.82 Å². The molecule has 1 aromatic carbocycles. The van der Waals surface area contributed by atoms with E-state index in [4.69, 9.17) is 4.74 Å². The maximum Gasteiger partial charge on any atom is 0.135 e. The van der Waals surface area contributed by atoms with Crippen molar-refractivity contribution in [1.82, 2.24) is 9.97 Å². The molecule has 0 N–H and O–H groups in total. The lowest BCUT2D eigenvalue weighted by Gasteiger charge is -2.23. The van der Waals surface area contributed by atoms with Gasteiger partial charge in [0.1, 0.15) is 24.0 Å². The zero-order valence-electron chi connectivity index (χ0n) is 12.7. The maximum absolute atomic E-state index is 5.85. The van der Waals surface area contributed by atoms with Gasteiger partial charge in [0, 0.05) is 23.9 Å². The van der Waals surface area contributed by atoms with E-state index in [1.807, 2.05) is 25.3 Å². The average molecular weight is 283 g/mol. The predicted octanol–water partition coefficient (Wildman–Crippen LogP) is 3.14. The minimum absolute atomic E-state index is 0.686. The number of hydrogen-bond acceptors (Lipinski definition) is 4. The molecule has 0 radical (unpaired) electrons. The second-order valence-corrected chi connectivity index (χ2v) is 5.39. The summed E-state index contributed by atoms with van der Waals surface area (Å²) in [4.78, 5) is 11.4. The Bertz CT molecular complexity index is 627. The van der Waals surface area contributed by atoms with Crippen molar-refractivity contribution in [3.63, 3.8) is 0 Å². The first-order valence-corrected chi connectivity index (χ1v) is 7.56. The number of para-hydroxylation sites is 1. The van der Waals surface area contributed by atoms with Crippen molar-refractivity contribution < 1.29 is 4.74 Å². The highest BCUT2D eigenvalue weighted by atomic mass is 16.5. The maximum atomic E-state index is 5.85. The van der Waals surface area contributed by atoms with Crippen LogP contribution in [0.2, 0.25) is 0 Å². The topological polar surface area (TPSA) is 38.2 Å². The van der Waals surface area contributed by atoms with Crippen molar-refractivity contribution in [3.8, 4) is 5.75 Å². The molecule has 1 aromatic heterocycles. The SMILES string of the molecule is CCCc1cnc(C)nc1N1CCOc2ccccc2C1. The Morgan fingerprint density at radius 1 is 1.29 bits per heavy atom. The van der Waals surface area contributed by atoms with E-state index in [2.05, 4.69) is 33.9 Å². The van der Waals surface area contributed by atoms with E-state index in [0.29, 0.717) is 6.61 Å². The zero-order valence-corrected chi connectivity index (χ0v) is 12.7. The lowest BCUT2D eigenvalue weighted by atomic mass is 10.1. The van der Waals surface area contributed by atoms with Crippen LogP contribution < -0.4 is 9.64 Å². The minimum Gasteiger partial charge on any atom is -0.491 e. The van der Waals surface area contributed by atoms with Crippen LogP contribution in [0, 0.1) is 6.92 Å². The van der Waals surface area contributed by atoms with Crippen molar-refractivity contribution in [1.29, 1.82) is 0 Å². The summed E-state index contributed by atoms with van der Waals surface area (Å²) < 4.78 is 5.85. The summed E-state index contributed by atoms with van der Waals surface area (Å²) in [5.74, 6) is 2.87. The summed E-state index contributed by atoms with van der Waals surface area (Å²) in [6.45, 7) is 6.50. The molecule has 0 atom stereocenters. The Labute approximate surface area is 125 Å². The number of fused-ring (bicyclic) bond motifs is 1. The summed E-state index contributed by atoms with van der Waals surface area (Å²) in [5, 5.41) is 0. The number of anilines is 1. The average Bonchev–Trinajstić information content (AvgIpc) is 2.71. The van der Waals surface area contributed by atoms with Crippen LogP contribution in [-0.4, -0.2) is 23.1 Å². The molecule has 0 aliphatic carbocycles. The van der Waals surface area contributed by atoms with E-state index in [9.17, 15) is 0 Å². The highest BCUT2D eigenvalue weighted by molar-refractivity contribution is 5.49. The Kier molecular flexibility index (Phi) is 4.04. The number of hydrogen-bond donors (Lipinski definition) is 0. The van der Waals surface area contributed by atoms with Crippen LogP contribution in [-0.2, 0) is 13.0 Å². The molecule has 1 aliphatic heterocycles. The Hall–Kier alpha value is -2.10. The Morgan fingerprint density at radius 2 is 2.14 bits per heavy atom. The van der Waals surface area contributed by atoms with Gasteiger partial charge in [0.2, 0.25) is 0 Å². The molecule has 2 heterocycles. The number of aromatic nitrogens is 2. The van der Waals surface area contributed by atoms with E-state index in [1.54, 1.807) is 0 Å². The molecular weight excluding hydrogens is 262 g/mol. The smallest absolute Gasteiger partial charge is 0.135 e. The summed E-state index contributed by atoms with van der Waals surface area (Å²) in [5.41, 5.74) is 2.44. The summed E-state index contributed by atoms with van der Waals surface area (Å²) in [6.07, 6.45) is 4.08. The quantitative estimate of drug-likeness (QED) is 0.867. The highest BCUT2D eigenvalue weighted by Crippen LogP contribution is 2.27. The van der Waals surface area contributed by atoms with Gasteiger partial charge in [0.25, 0.3) is 0 Å². The minimum atomic E-state index is 0.686. The number of rotatable bonds is 3.